The van der Waals surface area contributed by atoms with Gasteiger partial charge >= 0.3 is 0 Å². The Kier molecular flexibility index (Phi) is 9.25. The highest BCUT2D eigenvalue weighted by Crippen LogP contribution is 2.37. The summed E-state index contributed by atoms with van der Waals surface area (Å²) in [4.78, 5) is 19.1. The average molecular weight is 687 g/mol. The second-order valence-corrected chi connectivity index (χ2v) is 13.7. The number of piperidine rings is 1. The third-order valence-electron chi connectivity index (χ3n) is 8.66. The molecule has 48 heavy (non-hydrogen) atoms. The highest BCUT2D eigenvalue weighted by molar-refractivity contribution is 6.36. The maximum Gasteiger partial charge on any atom is 0.248 e. The Balaban J connectivity index is 1.39. The standard InChI is InChI=1S/C35H34Cl2FN9O/c1-35(2,3)46-11-9-25(10-12-46)47-19-30(44-45-47)32(20-5-4-6-21(13-20)34(40)48)43-24-14-26-31(42-23-7-8-29(38)27(36)15-23)22(17-39)18-41-33(26)28(37)16-24/h4-8,13-16,18-19,25,32,43H,9-12H2,1-3H3,(H2,40,48)(H,41,42)/t32-/m0/s1. The van der Waals surface area contributed by atoms with Crippen LogP contribution in [0, 0.1) is 17.1 Å². The topological polar surface area (TPSA) is 138 Å². The third kappa shape index (κ3) is 6.92. The number of nitrogens with two attached hydrogens (primary N) is 1. The molecule has 1 fully saturated rings. The number of carbonyl (C=O) groups is 1. The van der Waals surface area contributed by atoms with Crippen LogP contribution in [-0.4, -0.2) is 49.4 Å². The zero-order valence-electron chi connectivity index (χ0n) is 26.6. The molecule has 1 amide bonds. The van der Waals surface area contributed by atoms with Gasteiger partial charge in [-0.3, -0.25) is 14.7 Å². The molecule has 0 aliphatic carbocycles. The number of aromatic nitrogens is 4. The molecule has 4 N–H and O–H groups in total. The summed E-state index contributed by atoms with van der Waals surface area (Å²) in [6.45, 7) is 8.60. The lowest BCUT2D eigenvalue weighted by molar-refractivity contribution is 0.0865. The molecule has 13 heteroatoms. The van der Waals surface area contributed by atoms with Crippen LogP contribution in [0.15, 0.2) is 67.0 Å². The molecule has 0 spiro atoms. The first kappa shape index (κ1) is 33.2. The van der Waals surface area contributed by atoms with Crippen molar-refractivity contribution >= 4 is 57.1 Å². The number of nitrogens with one attached hydrogen (secondary N) is 2. The number of nitrogens with zero attached hydrogens (tertiary/aromatic N) is 6. The van der Waals surface area contributed by atoms with Crippen LogP contribution < -0.4 is 16.4 Å². The van der Waals surface area contributed by atoms with Gasteiger partial charge in [0.05, 0.1) is 45.1 Å². The van der Waals surface area contributed by atoms with E-state index in [0.29, 0.717) is 44.2 Å². The molecule has 10 nitrogen and oxygen atoms in total. The van der Waals surface area contributed by atoms with Crippen molar-refractivity contribution in [1.82, 2.24) is 24.9 Å². The van der Waals surface area contributed by atoms with Gasteiger partial charge in [0.15, 0.2) is 0 Å². The lowest BCUT2D eigenvalue weighted by Crippen LogP contribution is -2.46. The highest BCUT2D eigenvalue weighted by Gasteiger charge is 2.29. The molecule has 2 aromatic heterocycles. The average Bonchev–Trinajstić information content (AvgIpc) is 3.55. The minimum absolute atomic E-state index is 0.0638. The van der Waals surface area contributed by atoms with Crippen LogP contribution in [-0.2, 0) is 0 Å². The molecule has 0 unspecified atom stereocenters. The van der Waals surface area contributed by atoms with Crippen molar-refractivity contribution < 1.29 is 9.18 Å². The van der Waals surface area contributed by atoms with Gasteiger partial charge in [-0.15, -0.1) is 5.10 Å². The number of hydrogen-bond acceptors (Lipinski definition) is 8. The number of hydrogen-bond donors (Lipinski definition) is 3. The quantitative estimate of drug-likeness (QED) is 0.152. The molecular weight excluding hydrogens is 652 g/mol. The van der Waals surface area contributed by atoms with E-state index >= 15 is 0 Å². The van der Waals surface area contributed by atoms with E-state index < -0.39 is 17.8 Å². The lowest BCUT2D eigenvalue weighted by atomic mass is 9.98. The number of nitriles is 1. The molecule has 5 aromatic rings. The largest absolute Gasteiger partial charge is 0.373 e. The third-order valence-corrected chi connectivity index (χ3v) is 9.24. The van der Waals surface area contributed by atoms with E-state index in [9.17, 15) is 14.4 Å². The van der Waals surface area contributed by atoms with Crippen molar-refractivity contribution in [3.8, 4) is 6.07 Å². The minimum atomic E-state index is -0.560. The maximum absolute atomic E-state index is 13.9. The van der Waals surface area contributed by atoms with Crippen LogP contribution in [0.2, 0.25) is 10.0 Å². The number of likely N-dealkylation sites (tertiary alicyclic amines) is 1. The molecule has 6 rings (SSSR count). The van der Waals surface area contributed by atoms with Gasteiger partial charge in [-0.2, -0.15) is 5.26 Å². The summed E-state index contributed by atoms with van der Waals surface area (Å²) in [5.41, 5.74) is 9.67. The molecule has 0 radical (unpaired) electrons. The van der Waals surface area contributed by atoms with Crippen molar-refractivity contribution in [3.63, 3.8) is 0 Å². The number of pyridine rings is 1. The van der Waals surface area contributed by atoms with E-state index in [1.54, 1.807) is 24.3 Å². The summed E-state index contributed by atoms with van der Waals surface area (Å²) < 4.78 is 15.8. The number of benzene rings is 3. The molecule has 246 valence electrons. The highest BCUT2D eigenvalue weighted by atomic mass is 35.5. The fourth-order valence-electron chi connectivity index (χ4n) is 6.05. The molecule has 1 aliphatic heterocycles. The summed E-state index contributed by atoms with van der Waals surface area (Å²) in [6, 6.07) is 16.6. The first-order valence-electron chi connectivity index (χ1n) is 15.5. The van der Waals surface area contributed by atoms with Crippen LogP contribution in [0.25, 0.3) is 10.9 Å². The Morgan fingerprint density at radius 2 is 1.83 bits per heavy atom. The van der Waals surface area contributed by atoms with Crippen LogP contribution in [0.4, 0.5) is 21.5 Å². The molecule has 1 saturated heterocycles. The van der Waals surface area contributed by atoms with E-state index in [4.69, 9.17) is 28.9 Å². The van der Waals surface area contributed by atoms with E-state index in [1.165, 1.54) is 24.4 Å². The molecule has 3 heterocycles. The molecule has 1 atom stereocenters. The Morgan fingerprint density at radius 3 is 2.52 bits per heavy atom. The van der Waals surface area contributed by atoms with Gasteiger partial charge < -0.3 is 16.4 Å². The molecule has 1 aliphatic rings. The van der Waals surface area contributed by atoms with Gasteiger partial charge in [0, 0.05) is 47.1 Å². The van der Waals surface area contributed by atoms with Crippen molar-refractivity contribution in [2.24, 2.45) is 5.73 Å². The predicted octanol–water partition coefficient (Wildman–Crippen LogP) is 7.62. The van der Waals surface area contributed by atoms with Crippen LogP contribution in [0.5, 0.6) is 0 Å². The lowest BCUT2D eigenvalue weighted by Gasteiger charge is -2.40. The van der Waals surface area contributed by atoms with E-state index in [0.717, 1.165) is 31.5 Å². The zero-order chi connectivity index (χ0) is 34.2. The van der Waals surface area contributed by atoms with Crippen molar-refractivity contribution in [3.05, 3.63) is 105 Å². The Bertz CT molecular complexity index is 2040. The Labute approximate surface area is 287 Å². The van der Waals surface area contributed by atoms with Crippen molar-refractivity contribution in [2.75, 3.05) is 23.7 Å². The number of anilines is 3. The monoisotopic (exact) mass is 685 g/mol. The fourth-order valence-corrected chi connectivity index (χ4v) is 6.50. The summed E-state index contributed by atoms with van der Waals surface area (Å²) in [6.07, 6.45) is 5.25. The Morgan fingerprint density at radius 1 is 1.08 bits per heavy atom. The van der Waals surface area contributed by atoms with Crippen LogP contribution in [0.3, 0.4) is 0 Å². The SMILES string of the molecule is CC(C)(C)N1CCC(n2cc([C@@H](Nc3cc(Cl)c4ncc(C#N)c(Nc5ccc(F)c(Cl)c5)c4c3)c3cccc(C(N)=O)c3)nn2)CC1. The van der Waals surface area contributed by atoms with Crippen molar-refractivity contribution in [1.29, 1.82) is 5.26 Å². The molecule has 0 bridgehead atoms. The van der Waals surface area contributed by atoms with Gasteiger partial charge in [0.1, 0.15) is 17.6 Å². The van der Waals surface area contributed by atoms with Gasteiger partial charge in [0.2, 0.25) is 5.91 Å². The normalized spacial score (nSPS) is 14.9. The number of fused-ring (bicyclic) bond motifs is 1. The molecular formula is C35H34Cl2FN9O. The molecule has 0 saturated carbocycles. The van der Waals surface area contributed by atoms with Gasteiger partial charge in [-0.05, 0) is 81.6 Å². The summed E-state index contributed by atoms with van der Waals surface area (Å²) in [5, 5.41) is 26.6. The van der Waals surface area contributed by atoms with Gasteiger partial charge in [-0.1, -0.05) is 40.5 Å². The van der Waals surface area contributed by atoms with E-state index in [2.05, 4.69) is 57.7 Å². The first-order chi connectivity index (χ1) is 22.9. The number of rotatable bonds is 8. The Hall–Kier alpha value is -4.76. The molecule has 3 aromatic carbocycles. The van der Waals surface area contributed by atoms with Crippen LogP contribution >= 0.6 is 23.2 Å². The number of amides is 1. The van der Waals surface area contributed by atoms with E-state index in [-0.39, 0.29) is 22.2 Å². The predicted molar refractivity (Wildman–Crippen MR) is 186 cm³/mol. The summed E-state index contributed by atoms with van der Waals surface area (Å²) in [7, 11) is 0. The fraction of sp³-hybridized carbons (Fsp3) is 0.286. The maximum atomic E-state index is 13.9. The number of halogens is 3. The smallest absolute Gasteiger partial charge is 0.248 e. The summed E-state index contributed by atoms with van der Waals surface area (Å²) >= 11 is 12.8. The number of carbonyl (C=O) groups excluding carboxylic acids is 1. The number of primary amides is 1. The van der Waals surface area contributed by atoms with Gasteiger partial charge in [-0.25, -0.2) is 9.07 Å². The van der Waals surface area contributed by atoms with Gasteiger partial charge in [0.25, 0.3) is 0 Å². The second kappa shape index (κ2) is 13.4. The van der Waals surface area contributed by atoms with Crippen LogP contribution in [0.1, 0.15) is 72.9 Å². The second-order valence-electron chi connectivity index (χ2n) is 12.8. The first-order valence-corrected chi connectivity index (χ1v) is 16.2. The zero-order valence-corrected chi connectivity index (χ0v) is 28.1. The van der Waals surface area contributed by atoms with Crippen molar-refractivity contribution in [2.45, 2.75) is 51.2 Å². The minimum Gasteiger partial charge on any atom is -0.373 e. The summed E-state index contributed by atoms with van der Waals surface area (Å²) in [5.74, 6) is -1.11. The van der Waals surface area contributed by atoms with E-state index in [1.807, 2.05) is 23.0 Å².